The summed E-state index contributed by atoms with van der Waals surface area (Å²) in [6.45, 7) is 5.34. The second kappa shape index (κ2) is 10.9. The molecule has 0 bridgehead atoms. The van der Waals surface area contributed by atoms with E-state index in [0.29, 0.717) is 13.2 Å². The molecule has 0 aliphatic heterocycles. The van der Waals surface area contributed by atoms with Crippen molar-refractivity contribution in [3.05, 3.63) is 48.6 Å². The topological polar surface area (TPSA) is 18.5 Å². The van der Waals surface area contributed by atoms with E-state index in [9.17, 15) is 0 Å². The van der Waals surface area contributed by atoms with Gasteiger partial charge >= 0.3 is 0 Å². The molecule has 0 spiro atoms. The van der Waals surface area contributed by atoms with Crippen molar-refractivity contribution >= 4 is 0 Å². The smallest absolute Gasteiger partial charge is 0.119 e. The fourth-order valence-electron chi connectivity index (χ4n) is 1.31. The van der Waals surface area contributed by atoms with Crippen LogP contribution in [0.15, 0.2) is 42.5 Å². The molecule has 18 heavy (non-hydrogen) atoms. The van der Waals surface area contributed by atoms with Crippen LogP contribution >= 0.6 is 0 Å². The summed E-state index contributed by atoms with van der Waals surface area (Å²) in [7, 11) is 0. The maximum absolute atomic E-state index is 5.28. The maximum atomic E-state index is 5.28. The molecule has 0 unspecified atom stereocenters. The monoisotopic (exact) mass is 287 g/mol. The van der Waals surface area contributed by atoms with Crippen molar-refractivity contribution in [2.24, 2.45) is 0 Å². The Bertz CT molecular complexity index is 320. The number of hydrogen-bond acceptors (Lipinski definition) is 2. The van der Waals surface area contributed by atoms with Crippen LogP contribution in [0.5, 0.6) is 11.5 Å². The van der Waals surface area contributed by atoms with Gasteiger partial charge in [-0.25, -0.2) is 12.2 Å². The molecule has 2 nitrogen and oxygen atoms in total. The van der Waals surface area contributed by atoms with Gasteiger partial charge in [0.1, 0.15) is 11.5 Å². The predicted octanol–water partition coefficient (Wildman–Crippen LogP) is 3.79. The van der Waals surface area contributed by atoms with Gasteiger partial charge in [-0.15, -0.1) is 6.42 Å². The molecule has 0 radical (unpaired) electrons. The fourth-order valence-corrected chi connectivity index (χ4v) is 1.31. The van der Waals surface area contributed by atoms with Gasteiger partial charge in [-0.2, -0.15) is 6.08 Å². The normalized spacial score (nSPS) is 11.2. The van der Waals surface area contributed by atoms with E-state index in [4.69, 9.17) is 9.47 Å². The number of ether oxygens (including phenoxy) is 2. The summed E-state index contributed by atoms with van der Waals surface area (Å²) in [6, 6.07) is 7.64. The van der Waals surface area contributed by atoms with Gasteiger partial charge in [-0.1, -0.05) is 0 Å². The molecule has 0 N–H and O–H groups in total. The first-order valence-corrected chi connectivity index (χ1v) is 5.94. The summed E-state index contributed by atoms with van der Waals surface area (Å²) >= 11 is 0. The van der Waals surface area contributed by atoms with E-state index >= 15 is 0 Å². The van der Waals surface area contributed by atoms with Gasteiger partial charge < -0.3 is 9.47 Å². The van der Waals surface area contributed by atoms with Crippen LogP contribution in [0.2, 0.25) is 0 Å². The van der Waals surface area contributed by atoms with E-state index in [-0.39, 0.29) is 17.1 Å². The molecule has 0 atom stereocenters. The molecule has 1 aliphatic carbocycles. The van der Waals surface area contributed by atoms with Gasteiger partial charge in [-0.05, 0) is 38.1 Å². The van der Waals surface area contributed by atoms with E-state index in [1.165, 1.54) is 0 Å². The maximum Gasteiger partial charge on any atom is 0.119 e. The van der Waals surface area contributed by atoms with Crippen molar-refractivity contribution in [1.29, 1.82) is 0 Å². The van der Waals surface area contributed by atoms with Crippen LogP contribution < -0.4 is 9.47 Å². The summed E-state index contributed by atoms with van der Waals surface area (Å²) in [6.07, 6.45) is 10.0. The molecule has 3 heteroatoms. The summed E-state index contributed by atoms with van der Waals surface area (Å²) < 4.78 is 10.6. The summed E-state index contributed by atoms with van der Waals surface area (Å²) in [5.41, 5.74) is 0. The molecule has 100 valence electrons. The zero-order valence-corrected chi connectivity index (χ0v) is 11.9. The van der Waals surface area contributed by atoms with Gasteiger partial charge in [0.25, 0.3) is 0 Å². The second-order valence-corrected chi connectivity index (χ2v) is 3.34. The van der Waals surface area contributed by atoms with Gasteiger partial charge in [0, 0.05) is 17.1 Å². The van der Waals surface area contributed by atoms with Crippen LogP contribution in [0.4, 0.5) is 0 Å². The molecule has 1 aromatic carbocycles. The minimum Gasteiger partial charge on any atom is -0.494 e. The van der Waals surface area contributed by atoms with Crippen molar-refractivity contribution in [3.63, 3.8) is 0 Å². The number of benzene rings is 1. The Morgan fingerprint density at radius 2 is 1.50 bits per heavy atom. The molecule has 1 aromatic rings. The van der Waals surface area contributed by atoms with Crippen LogP contribution in [0, 0.1) is 6.08 Å². The zero-order valence-electron chi connectivity index (χ0n) is 10.8. The fraction of sp³-hybridized carbons (Fsp3) is 0.333. The second-order valence-electron chi connectivity index (χ2n) is 3.34. The van der Waals surface area contributed by atoms with Crippen LogP contribution in [-0.2, 0) is 17.1 Å². The van der Waals surface area contributed by atoms with E-state index in [1.54, 1.807) is 0 Å². The number of rotatable bonds is 4. The van der Waals surface area contributed by atoms with Crippen molar-refractivity contribution in [3.8, 4) is 11.5 Å². The van der Waals surface area contributed by atoms with E-state index in [0.717, 1.165) is 17.9 Å². The molecule has 0 aromatic heterocycles. The molecule has 0 fully saturated rings. The molecular formula is C15H19FeO2-. The van der Waals surface area contributed by atoms with Gasteiger partial charge in [-0.3, -0.25) is 6.08 Å². The van der Waals surface area contributed by atoms with Gasteiger partial charge in [0.05, 0.1) is 13.2 Å². The Balaban J connectivity index is 0.000000405. The van der Waals surface area contributed by atoms with Crippen molar-refractivity contribution < 1.29 is 26.5 Å². The van der Waals surface area contributed by atoms with Gasteiger partial charge in [0.15, 0.2) is 0 Å². The standard InChI is InChI=1S/C10H14O2.C5H5.Fe/c1-3-11-9-5-7-10(8-6-9)12-4-2;1-2-4-5-3-1;/h5-8H,3-4H2,1-2H3;1-3H,4H2;/q;-1;. The third-order valence-corrected chi connectivity index (χ3v) is 2.03. The Morgan fingerprint density at radius 3 is 1.72 bits per heavy atom. The SMILES string of the molecule is CCOc1ccc(OCC)cc1.[C-]1=CC=CC1.[Fe]. The van der Waals surface area contributed by atoms with Crippen LogP contribution in [0.3, 0.4) is 0 Å². The predicted molar refractivity (Wildman–Crippen MR) is 70.4 cm³/mol. The molecule has 0 saturated heterocycles. The van der Waals surface area contributed by atoms with Crippen molar-refractivity contribution in [2.75, 3.05) is 13.2 Å². The van der Waals surface area contributed by atoms with Crippen molar-refractivity contribution in [2.45, 2.75) is 20.3 Å². The minimum absolute atomic E-state index is 0. The molecular weight excluding hydrogens is 268 g/mol. The first-order chi connectivity index (χ1) is 8.36. The first kappa shape index (κ1) is 16.8. The Morgan fingerprint density at radius 1 is 1.00 bits per heavy atom. The average Bonchev–Trinajstić information content (AvgIpc) is 2.91. The van der Waals surface area contributed by atoms with Crippen LogP contribution in [-0.4, -0.2) is 13.2 Å². The van der Waals surface area contributed by atoms with Crippen molar-refractivity contribution in [1.82, 2.24) is 0 Å². The number of allylic oxidation sites excluding steroid dienone is 4. The largest absolute Gasteiger partial charge is 0.494 e. The zero-order chi connectivity index (χ0) is 12.3. The first-order valence-electron chi connectivity index (χ1n) is 5.94. The summed E-state index contributed by atoms with van der Waals surface area (Å²) in [5, 5.41) is 0. The van der Waals surface area contributed by atoms with E-state index in [2.05, 4.69) is 12.2 Å². The van der Waals surface area contributed by atoms with E-state index in [1.807, 2.05) is 50.3 Å². The third kappa shape index (κ3) is 7.20. The number of hydrogen-bond donors (Lipinski definition) is 0. The Hall–Kier alpha value is -1.18. The Kier molecular flexibility index (Phi) is 10.2. The molecule has 0 saturated carbocycles. The quantitative estimate of drug-likeness (QED) is 0.619. The van der Waals surface area contributed by atoms with E-state index < -0.39 is 0 Å². The molecule has 0 amide bonds. The van der Waals surface area contributed by atoms with Gasteiger partial charge in [0.2, 0.25) is 0 Å². The summed E-state index contributed by atoms with van der Waals surface area (Å²) in [5.74, 6) is 1.78. The third-order valence-electron chi connectivity index (χ3n) is 2.03. The Labute approximate surface area is 120 Å². The average molecular weight is 287 g/mol. The molecule has 1 aliphatic rings. The van der Waals surface area contributed by atoms with Crippen LogP contribution in [0.25, 0.3) is 0 Å². The minimum atomic E-state index is 0. The molecule has 2 rings (SSSR count). The summed E-state index contributed by atoms with van der Waals surface area (Å²) in [4.78, 5) is 0. The van der Waals surface area contributed by atoms with Crippen LogP contribution in [0.1, 0.15) is 20.3 Å². The molecule has 0 heterocycles.